The maximum Gasteiger partial charge on any atom is 0.170 e. The average Bonchev–Trinajstić information content (AvgIpc) is 2.36. The molecule has 0 N–H and O–H groups in total. The van der Waals surface area contributed by atoms with Gasteiger partial charge in [-0.25, -0.2) is 8.78 Å². The molecule has 0 radical (unpaired) electrons. The first-order valence-electron chi connectivity index (χ1n) is 5.98. The van der Waals surface area contributed by atoms with Gasteiger partial charge < -0.3 is 4.74 Å². The minimum atomic E-state index is -0.684. The molecule has 0 bridgehead atoms. The molecule has 0 fully saturated rings. The second-order valence-corrected chi connectivity index (χ2v) is 5.49. The minimum Gasteiger partial charge on any atom is -0.484 e. The van der Waals surface area contributed by atoms with Crippen LogP contribution in [-0.2, 0) is 0 Å². The zero-order valence-corrected chi connectivity index (χ0v) is 11.8. The van der Waals surface area contributed by atoms with Crippen molar-refractivity contribution in [2.45, 2.75) is 12.5 Å². The number of halogens is 3. The molecule has 2 nitrogen and oxygen atoms in total. The van der Waals surface area contributed by atoms with E-state index in [0.717, 1.165) is 10.5 Å². The van der Waals surface area contributed by atoms with Crippen LogP contribution in [0.3, 0.4) is 0 Å². The Hall–Kier alpha value is -1.75. The van der Waals surface area contributed by atoms with Crippen molar-refractivity contribution in [1.29, 1.82) is 0 Å². The van der Waals surface area contributed by atoms with E-state index < -0.39 is 17.7 Å². The van der Waals surface area contributed by atoms with E-state index in [-0.39, 0.29) is 12.2 Å². The predicted octanol–water partition coefficient (Wildman–Crippen LogP) is 4.43. The summed E-state index contributed by atoms with van der Waals surface area (Å²) in [5.74, 6) is -1.05. The first kappa shape index (κ1) is 13.2. The van der Waals surface area contributed by atoms with Crippen LogP contribution in [0.1, 0.15) is 28.4 Å². The van der Waals surface area contributed by atoms with E-state index in [0.29, 0.717) is 16.9 Å². The number of carbonyl (C=O) groups excluding carboxylic acids is 1. The lowest BCUT2D eigenvalue weighted by atomic mass is 9.96. The van der Waals surface area contributed by atoms with Gasteiger partial charge in [-0.3, -0.25) is 4.79 Å². The fourth-order valence-corrected chi connectivity index (χ4v) is 2.58. The van der Waals surface area contributed by atoms with Gasteiger partial charge in [0.2, 0.25) is 0 Å². The highest BCUT2D eigenvalue weighted by Crippen LogP contribution is 2.36. The van der Waals surface area contributed by atoms with Crippen molar-refractivity contribution >= 4 is 21.7 Å². The van der Waals surface area contributed by atoms with Crippen LogP contribution in [0.15, 0.2) is 40.9 Å². The molecule has 20 heavy (non-hydrogen) atoms. The molecule has 102 valence electrons. The lowest BCUT2D eigenvalue weighted by Gasteiger charge is -2.25. The van der Waals surface area contributed by atoms with Crippen LogP contribution in [0.25, 0.3) is 0 Å². The standard InChI is InChI=1S/C15H9BrF2O2/c16-9-1-2-12-13(19)7-14(20-15(12)5-9)8-3-10(17)6-11(18)4-8/h1-6,14H,7H2. The fourth-order valence-electron chi connectivity index (χ4n) is 2.24. The largest absolute Gasteiger partial charge is 0.484 e. The second-order valence-electron chi connectivity index (χ2n) is 4.58. The Balaban J connectivity index is 2.00. The van der Waals surface area contributed by atoms with Crippen LogP contribution in [-0.4, -0.2) is 5.78 Å². The summed E-state index contributed by atoms with van der Waals surface area (Å²) >= 11 is 3.30. The lowest BCUT2D eigenvalue weighted by molar-refractivity contribution is 0.0849. The number of Topliss-reactive ketones (excluding diaryl/α,β-unsaturated/α-hetero) is 1. The number of fused-ring (bicyclic) bond motifs is 1. The number of hydrogen-bond donors (Lipinski definition) is 0. The fraction of sp³-hybridized carbons (Fsp3) is 0.133. The molecule has 1 aliphatic rings. The van der Waals surface area contributed by atoms with Gasteiger partial charge in [-0.15, -0.1) is 0 Å². The molecule has 2 aromatic carbocycles. The summed E-state index contributed by atoms with van der Waals surface area (Å²) in [5, 5.41) is 0. The van der Waals surface area contributed by atoms with Gasteiger partial charge >= 0.3 is 0 Å². The van der Waals surface area contributed by atoms with Crippen molar-refractivity contribution in [3.63, 3.8) is 0 Å². The van der Waals surface area contributed by atoms with Gasteiger partial charge in [0.1, 0.15) is 23.5 Å². The van der Waals surface area contributed by atoms with Crippen molar-refractivity contribution < 1.29 is 18.3 Å². The number of carbonyl (C=O) groups is 1. The zero-order valence-electron chi connectivity index (χ0n) is 10.2. The molecule has 0 aliphatic carbocycles. The summed E-state index contributed by atoms with van der Waals surface area (Å²) in [5.41, 5.74) is 0.808. The van der Waals surface area contributed by atoms with Crippen molar-refractivity contribution in [3.8, 4) is 5.75 Å². The molecule has 1 heterocycles. The molecular weight excluding hydrogens is 330 g/mol. The minimum absolute atomic E-state index is 0.0670. The molecule has 0 amide bonds. The number of hydrogen-bond acceptors (Lipinski definition) is 2. The van der Waals surface area contributed by atoms with Crippen LogP contribution in [0.5, 0.6) is 5.75 Å². The van der Waals surface area contributed by atoms with E-state index in [1.165, 1.54) is 12.1 Å². The third kappa shape index (κ3) is 2.45. The summed E-state index contributed by atoms with van der Waals surface area (Å²) < 4.78 is 33.0. The number of ketones is 1. The van der Waals surface area contributed by atoms with Gasteiger partial charge in [-0.2, -0.15) is 0 Å². The van der Waals surface area contributed by atoms with E-state index in [1.807, 2.05) is 0 Å². The van der Waals surface area contributed by atoms with Crippen molar-refractivity contribution in [1.82, 2.24) is 0 Å². The van der Waals surface area contributed by atoms with Crippen LogP contribution in [0.2, 0.25) is 0 Å². The molecule has 0 saturated heterocycles. The highest BCUT2D eigenvalue weighted by molar-refractivity contribution is 9.10. The van der Waals surface area contributed by atoms with Crippen molar-refractivity contribution in [2.75, 3.05) is 0 Å². The maximum atomic E-state index is 13.3. The Morgan fingerprint density at radius 3 is 2.50 bits per heavy atom. The van der Waals surface area contributed by atoms with Crippen LogP contribution in [0, 0.1) is 11.6 Å². The van der Waals surface area contributed by atoms with Gasteiger partial charge in [0, 0.05) is 10.5 Å². The Labute approximate surface area is 122 Å². The van der Waals surface area contributed by atoms with Crippen LogP contribution >= 0.6 is 15.9 Å². The summed E-state index contributed by atoms with van der Waals surface area (Å²) in [7, 11) is 0. The summed E-state index contributed by atoms with van der Waals surface area (Å²) in [6.07, 6.45) is -0.605. The van der Waals surface area contributed by atoms with Crippen molar-refractivity contribution in [3.05, 3.63) is 63.6 Å². The Morgan fingerprint density at radius 2 is 1.80 bits per heavy atom. The summed E-state index contributed by atoms with van der Waals surface area (Å²) in [6, 6.07) is 8.26. The molecule has 1 unspecified atom stereocenters. The Bertz CT molecular complexity index is 680. The van der Waals surface area contributed by atoms with E-state index in [9.17, 15) is 13.6 Å². The zero-order chi connectivity index (χ0) is 14.3. The third-order valence-corrected chi connectivity index (χ3v) is 3.63. The van der Waals surface area contributed by atoms with E-state index in [4.69, 9.17) is 4.74 Å². The summed E-state index contributed by atoms with van der Waals surface area (Å²) in [6.45, 7) is 0. The molecule has 0 aromatic heterocycles. The second kappa shape index (κ2) is 4.98. The average molecular weight is 339 g/mol. The SMILES string of the molecule is O=C1CC(c2cc(F)cc(F)c2)Oc2cc(Br)ccc21. The maximum absolute atomic E-state index is 13.3. The Kier molecular flexibility index (Phi) is 3.30. The van der Waals surface area contributed by atoms with Gasteiger partial charge in [0.15, 0.2) is 5.78 Å². The molecule has 1 atom stereocenters. The topological polar surface area (TPSA) is 26.3 Å². The molecule has 1 aliphatic heterocycles. The highest BCUT2D eigenvalue weighted by atomic mass is 79.9. The van der Waals surface area contributed by atoms with E-state index in [2.05, 4.69) is 15.9 Å². The van der Waals surface area contributed by atoms with Crippen molar-refractivity contribution in [2.24, 2.45) is 0 Å². The molecule has 0 spiro atoms. The van der Waals surface area contributed by atoms with Gasteiger partial charge in [0.05, 0.1) is 12.0 Å². The molecule has 3 rings (SSSR count). The molecule has 2 aromatic rings. The first-order chi connectivity index (χ1) is 9.52. The van der Waals surface area contributed by atoms with Gasteiger partial charge in [-0.05, 0) is 35.9 Å². The lowest BCUT2D eigenvalue weighted by Crippen LogP contribution is -2.20. The number of ether oxygens (including phenoxy) is 1. The monoisotopic (exact) mass is 338 g/mol. The Morgan fingerprint density at radius 1 is 1.10 bits per heavy atom. The number of benzene rings is 2. The highest BCUT2D eigenvalue weighted by Gasteiger charge is 2.28. The quantitative estimate of drug-likeness (QED) is 0.768. The molecular formula is C15H9BrF2O2. The third-order valence-electron chi connectivity index (χ3n) is 3.14. The molecule has 5 heteroatoms. The predicted molar refractivity (Wildman–Crippen MR) is 72.8 cm³/mol. The van der Waals surface area contributed by atoms with Crippen LogP contribution in [0.4, 0.5) is 8.78 Å². The molecule has 0 saturated carbocycles. The number of rotatable bonds is 1. The van der Waals surface area contributed by atoms with Gasteiger partial charge in [0.25, 0.3) is 0 Å². The van der Waals surface area contributed by atoms with E-state index in [1.54, 1.807) is 18.2 Å². The van der Waals surface area contributed by atoms with Crippen LogP contribution < -0.4 is 4.74 Å². The smallest absolute Gasteiger partial charge is 0.170 e. The normalized spacial score (nSPS) is 17.6. The van der Waals surface area contributed by atoms with Gasteiger partial charge in [-0.1, -0.05) is 15.9 Å². The first-order valence-corrected chi connectivity index (χ1v) is 6.77. The summed E-state index contributed by atoms with van der Waals surface area (Å²) in [4.78, 5) is 12.1. The van der Waals surface area contributed by atoms with E-state index >= 15 is 0 Å².